The van der Waals surface area contributed by atoms with E-state index in [1.165, 1.54) is 4.68 Å². The number of carbonyl (C=O) groups excluding carboxylic acids is 1. The first-order valence-electron chi connectivity index (χ1n) is 9.47. The highest BCUT2D eigenvalue weighted by molar-refractivity contribution is 5.91. The highest BCUT2D eigenvalue weighted by Crippen LogP contribution is 2.22. The fourth-order valence-electron chi connectivity index (χ4n) is 3.55. The van der Waals surface area contributed by atoms with Crippen molar-refractivity contribution in [3.05, 3.63) is 70.9 Å². The van der Waals surface area contributed by atoms with Crippen molar-refractivity contribution >= 4 is 17.3 Å². The summed E-state index contributed by atoms with van der Waals surface area (Å²) < 4.78 is 3.19. The zero-order chi connectivity index (χ0) is 19.5. The van der Waals surface area contributed by atoms with E-state index in [1.807, 2.05) is 54.2 Å². The Kier molecular flexibility index (Phi) is 4.97. The molecule has 1 aromatic carbocycles. The lowest BCUT2D eigenvalue weighted by atomic mass is 10.1. The molecule has 0 spiro atoms. The van der Waals surface area contributed by atoms with Crippen LogP contribution >= 0.6 is 0 Å². The maximum absolute atomic E-state index is 12.5. The number of aromatic nitrogens is 3. The summed E-state index contributed by atoms with van der Waals surface area (Å²) in [5.74, 6) is -0.281. The minimum absolute atomic E-state index is 0.119. The SMILES string of the molecule is Cc1c(NC(=O)Cn2ncc(N3CCCC3)cc2=O)cccc1-n1cccc1. The van der Waals surface area contributed by atoms with Gasteiger partial charge in [0.2, 0.25) is 5.91 Å². The summed E-state index contributed by atoms with van der Waals surface area (Å²) >= 11 is 0. The molecule has 144 valence electrons. The van der Waals surface area contributed by atoms with E-state index in [0.717, 1.165) is 48.6 Å². The maximum Gasteiger partial charge on any atom is 0.269 e. The number of carbonyl (C=O) groups is 1. The minimum atomic E-state index is -0.281. The molecule has 0 atom stereocenters. The monoisotopic (exact) mass is 377 g/mol. The van der Waals surface area contributed by atoms with Crippen LogP contribution in [-0.2, 0) is 11.3 Å². The van der Waals surface area contributed by atoms with Gasteiger partial charge in [-0.25, -0.2) is 4.68 Å². The van der Waals surface area contributed by atoms with Crippen LogP contribution in [0.1, 0.15) is 18.4 Å². The van der Waals surface area contributed by atoms with Crippen molar-refractivity contribution in [3.8, 4) is 5.69 Å². The van der Waals surface area contributed by atoms with E-state index in [9.17, 15) is 9.59 Å². The molecule has 28 heavy (non-hydrogen) atoms. The van der Waals surface area contributed by atoms with E-state index in [-0.39, 0.29) is 18.0 Å². The van der Waals surface area contributed by atoms with Gasteiger partial charge in [0.25, 0.3) is 5.56 Å². The molecule has 3 heterocycles. The number of benzene rings is 1. The third kappa shape index (κ3) is 3.69. The van der Waals surface area contributed by atoms with Crippen LogP contribution < -0.4 is 15.8 Å². The Morgan fingerprint density at radius 1 is 1.14 bits per heavy atom. The van der Waals surface area contributed by atoms with Crippen molar-refractivity contribution in [3.63, 3.8) is 0 Å². The van der Waals surface area contributed by atoms with Gasteiger partial charge < -0.3 is 14.8 Å². The van der Waals surface area contributed by atoms with Gasteiger partial charge in [-0.3, -0.25) is 9.59 Å². The van der Waals surface area contributed by atoms with Crippen LogP contribution in [0.3, 0.4) is 0 Å². The largest absolute Gasteiger partial charge is 0.370 e. The van der Waals surface area contributed by atoms with Crippen molar-refractivity contribution in [2.75, 3.05) is 23.3 Å². The van der Waals surface area contributed by atoms with Crippen molar-refractivity contribution in [1.82, 2.24) is 14.3 Å². The normalized spacial score (nSPS) is 13.7. The average Bonchev–Trinajstić information content (AvgIpc) is 3.39. The average molecular weight is 377 g/mol. The van der Waals surface area contributed by atoms with Crippen LogP contribution in [0.15, 0.2) is 59.8 Å². The lowest BCUT2D eigenvalue weighted by molar-refractivity contribution is -0.117. The molecule has 4 rings (SSSR count). The number of nitrogens with one attached hydrogen (secondary N) is 1. The molecule has 1 amide bonds. The zero-order valence-corrected chi connectivity index (χ0v) is 15.8. The highest BCUT2D eigenvalue weighted by atomic mass is 16.2. The van der Waals surface area contributed by atoms with Gasteiger partial charge in [0, 0.05) is 42.9 Å². The summed E-state index contributed by atoms with van der Waals surface area (Å²) in [6, 6.07) is 11.2. The Bertz CT molecular complexity index is 1030. The Labute approximate surface area is 163 Å². The third-order valence-electron chi connectivity index (χ3n) is 5.08. The van der Waals surface area contributed by atoms with Gasteiger partial charge >= 0.3 is 0 Å². The molecule has 7 nitrogen and oxygen atoms in total. The molecule has 1 saturated heterocycles. The van der Waals surface area contributed by atoms with E-state index < -0.39 is 0 Å². The van der Waals surface area contributed by atoms with Gasteiger partial charge in [-0.05, 0) is 49.6 Å². The van der Waals surface area contributed by atoms with Crippen LogP contribution in [-0.4, -0.2) is 33.3 Å². The molecule has 1 fully saturated rings. The van der Waals surface area contributed by atoms with E-state index in [1.54, 1.807) is 12.3 Å². The molecule has 1 N–H and O–H groups in total. The van der Waals surface area contributed by atoms with Gasteiger partial charge in [0.05, 0.1) is 11.9 Å². The molecular weight excluding hydrogens is 354 g/mol. The van der Waals surface area contributed by atoms with Crippen LogP contribution in [0.25, 0.3) is 5.69 Å². The topological polar surface area (TPSA) is 72.2 Å². The number of rotatable bonds is 5. The second-order valence-electron chi connectivity index (χ2n) is 6.99. The molecule has 7 heteroatoms. The Hall–Kier alpha value is -3.35. The number of hydrogen-bond donors (Lipinski definition) is 1. The third-order valence-corrected chi connectivity index (χ3v) is 5.08. The van der Waals surface area contributed by atoms with Crippen LogP contribution in [0.4, 0.5) is 11.4 Å². The summed E-state index contributed by atoms with van der Waals surface area (Å²) in [5.41, 5.74) is 3.23. The van der Waals surface area contributed by atoms with Crippen molar-refractivity contribution in [2.45, 2.75) is 26.3 Å². The van der Waals surface area contributed by atoms with Crippen molar-refractivity contribution in [1.29, 1.82) is 0 Å². The number of nitrogens with zero attached hydrogens (tertiary/aromatic N) is 4. The number of anilines is 2. The predicted octanol–water partition coefficient (Wildman–Crippen LogP) is 2.58. The quantitative estimate of drug-likeness (QED) is 0.742. The van der Waals surface area contributed by atoms with Gasteiger partial charge in [-0.2, -0.15) is 5.10 Å². The van der Waals surface area contributed by atoms with Crippen molar-refractivity contribution in [2.24, 2.45) is 0 Å². The molecule has 2 aromatic heterocycles. The minimum Gasteiger partial charge on any atom is -0.370 e. The molecule has 0 bridgehead atoms. The van der Waals surface area contributed by atoms with Crippen LogP contribution in [0.2, 0.25) is 0 Å². The molecule has 1 aliphatic heterocycles. The first-order chi connectivity index (χ1) is 13.6. The summed E-state index contributed by atoms with van der Waals surface area (Å²) in [4.78, 5) is 27.0. The molecule has 0 saturated carbocycles. The number of amides is 1. The predicted molar refractivity (Wildman–Crippen MR) is 109 cm³/mol. The van der Waals surface area contributed by atoms with Crippen LogP contribution in [0, 0.1) is 6.92 Å². The fourth-order valence-corrected chi connectivity index (χ4v) is 3.55. The zero-order valence-electron chi connectivity index (χ0n) is 15.8. The first kappa shape index (κ1) is 18.0. The second kappa shape index (κ2) is 7.72. The van der Waals surface area contributed by atoms with E-state index in [0.29, 0.717) is 0 Å². The lowest BCUT2D eigenvalue weighted by Gasteiger charge is -2.17. The lowest BCUT2D eigenvalue weighted by Crippen LogP contribution is -2.30. The summed E-state index contributed by atoms with van der Waals surface area (Å²) in [6.07, 6.45) is 7.84. The van der Waals surface area contributed by atoms with Gasteiger partial charge in [0.15, 0.2) is 0 Å². The maximum atomic E-state index is 12.5. The van der Waals surface area contributed by atoms with Gasteiger partial charge in [0.1, 0.15) is 6.54 Å². The second-order valence-corrected chi connectivity index (χ2v) is 6.99. The van der Waals surface area contributed by atoms with E-state index >= 15 is 0 Å². The molecule has 1 aliphatic rings. The van der Waals surface area contributed by atoms with Gasteiger partial charge in [-0.1, -0.05) is 6.07 Å². The fraction of sp³-hybridized carbons (Fsp3) is 0.286. The summed E-state index contributed by atoms with van der Waals surface area (Å²) in [5, 5.41) is 7.08. The Morgan fingerprint density at radius 3 is 2.61 bits per heavy atom. The van der Waals surface area contributed by atoms with E-state index in [4.69, 9.17) is 0 Å². The van der Waals surface area contributed by atoms with E-state index in [2.05, 4.69) is 15.3 Å². The summed E-state index contributed by atoms with van der Waals surface area (Å²) in [6.45, 7) is 3.73. The van der Waals surface area contributed by atoms with Gasteiger partial charge in [-0.15, -0.1) is 0 Å². The summed E-state index contributed by atoms with van der Waals surface area (Å²) in [7, 11) is 0. The molecule has 0 unspecified atom stereocenters. The first-order valence-corrected chi connectivity index (χ1v) is 9.47. The molecule has 3 aromatic rings. The standard InChI is InChI=1S/C21H23N5O2/c1-16-18(7-6-8-19(16)25-11-4-5-12-25)23-20(27)15-26-21(28)13-17(14-22-26)24-9-2-3-10-24/h4-8,11-14H,2-3,9-10,15H2,1H3,(H,23,27). The Balaban J connectivity index is 1.48. The molecular formula is C21H23N5O2. The molecule has 0 aliphatic carbocycles. The van der Waals surface area contributed by atoms with Crippen LogP contribution in [0.5, 0.6) is 0 Å². The smallest absolute Gasteiger partial charge is 0.269 e. The molecule has 0 radical (unpaired) electrons. The highest BCUT2D eigenvalue weighted by Gasteiger charge is 2.15. The van der Waals surface area contributed by atoms with Crippen molar-refractivity contribution < 1.29 is 4.79 Å². The number of hydrogen-bond acceptors (Lipinski definition) is 4. The Morgan fingerprint density at radius 2 is 1.89 bits per heavy atom.